The molecule has 0 aromatic heterocycles. The number of amides is 2. The van der Waals surface area contributed by atoms with Crippen molar-refractivity contribution in [3.05, 3.63) is 30.1 Å². The second-order valence-electron chi connectivity index (χ2n) is 7.17. The fourth-order valence-corrected chi connectivity index (χ4v) is 3.21. The van der Waals surface area contributed by atoms with E-state index in [0.29, 0.717) is 24.3 Å². The van der Waals surface area contributed by atoms with E-state index >= 15 is 0 Å². The molecule has 0 bridgehead atoms. The number of halogens is 1. The smallest absolute Gasteiger partial charge is 0.267 e. The molecule has 1 aromatic carbocycles. The molecule has 1 aromatic rings. The van der Waals surface area contributed by atoms with Crippen LogP contribution in [0.4, 0.5) is 10.1 Å². The minimum atomic E-state index is -0.765. The van der Waals surface area contributed by atoms with Crippen LogP contribution in [-0.2, 0) is 9.59 Å². The van der Waals surface area contributed by atoms with Crippen molar-refractivity contribution in [2.75, 3.05) is 18.1 Å². The minimum Gasteiger partial charge on any atom is -0.368 e. The van der Waals surface area contributed by atoms with Gasteiger partial charge in [-0.1, -0.05) is 0 Å². The highest BCUT2D eigenvalue weighted by molar-refractivity contribution is 6.40. The van der Waals surface area contributed by atoms with Gasteiger partial charge in [0.1, 0.15) is 17.6 Å². The SMILES string of the molecule is CC(C)N(CCNC(=O)C1=NN(c2ccc(F)cc2)C(C(N)=O)C1)C(C)C. The fraction of sp³-hybridized carbons (Fsp3) is 0.526. The van der Waals surface area contributed by atoms with Crippen molar-refractivity contribution in [2.45, 2.75) is 52.2 Å². The summed E-state index contributed by atoms with van der Waals surface area (Å²) in [4.78, 5) is 26.5. The van der Waals surface area contributed by atoms with Crippen LogP contribution >= 0.6 is 0 Å². The van der Waals surface area contributed by atoms with E-state index in [0.717, 1.165) is 6.54 Å². The lowest BCUT2D eigenvalue weighted by Crippen LogP contribution is -2.44. The molecule has 1 aliphatic heterocycles. The summed E-state index contributed by atoms with van der Waals surface area (Å²) in [5.41, 5.74) is 6.21. The second kappa shape index (κ2) is 8.94. The monoisotopic (exact) mass is 377 g/mol. The zero-order chi connectivity index (χ0) is 20.1. The number of benzene rings is 1. The summed E-state index contributed by atoms with van der Waals surface area (Å²) >= 11 is 0. The first-order chi connectivity index (χ1) is 12.7. The van der Waals surface area contributed by atoms with Gasteiger partial charge in [-0.3, -0.25) is 19.5 Å². The van der Waals surface area contributed by atoms with E-state index in [1.165, 1.54) is 29.3 Å². The summed E-state index contributed by atoms with van der Waals surface area (Å²) in [6.07, 6.45) is 0.122. The van der Waals surface area contributed by atoms with E-state index < -0.39 is 17.8 Å². The lowest BCUT2D eigenvalue weighted by Gasteiger charge is -2.30. The van der Waals surface area contributed by atoms with Gasteiger partial charge in [0.15, 0.2) is 0 Å². The molecule has 1 unspecified atom stereocenters. The molecule has 2 rings (SSSR count). The van der Waals surface area contributed by atoms with Crippen LogP contribution in [0.3, 0.4) is 0 Å². The Labute approximate surface area is 159 Å². The van der Waals surface area contributed by atoms with Crippen molar-refractivity contribution < 1.29 is 14.0 Å². The van der Waals surface area contributed by atoms with E-state index in [9.17, 15) is 14.0 Å². The van der Waals surface area contributed by atoms with Crippen LogP contribution in [0, 0.1) is 5.82 Å². The van der Waals surface area contributed by atoms with E-state index in [1.807, 2.05) is 0 Å². The van der Waals surface area contributed by atoms with Crippen LogP contribution < -0.4 is 16.1 Å². The number of hydrogen-bond donors (Lipinski definition) is 2. The molecular weight excluding hydrogens is 349 g/mol. The summed E-state index contributed by atoms with van der Waals surface area (Å²) < 4.78 is 13.1. The van der Waals surface area contributed by atoms with Crippen molar-refractivity contribution in [3.8, 4) is 0 Å². The van der Waals surface area contributed by atoms with E-state index in [4.69, 9.17) is 5.73 Å². The Morgan fingerprint density at radius 1 is 1.26 bits per heavy atom. The summed E-state index contributed by atoms with van der Waals surface area (Å²) in [7, 11) is 0. The molecule has 0 saturated carbocycles. The Kier molecular flexibility index (Phi) is 6.90. The highest BCUT2D eigenvalue weighted by Crippen LogP contribution is 2.24. The number of anilines is 1. The van der Waals surface area contributed by atoms with Gasteiger partial charge in [-0.25, -0.2) is 4.39 Å². The van der Waals surface area contributed by atoms with Gasteiger partial charge in [-0.15, -0.1) is 0 Å². The molecule has 0 spiro atoms. The summed E-state index contributed by atoms with van der Waals surface area (Å²) in [5, 5.41) is 8.50. The number of nitrogens with two attached hydrogens (primary N) is 1. The Morgan fingerprint density at radius 2 is 1.85 bits per heavy atom. The molecule has 8 heteroatoms. The normalized spacial score (nSPS) is 17.0. The topological polar surface area (TPSA) is 91.0 Å². The van der Waals surface area contributed by atoms with Gasteiger partial charge >= 0.3 is 0 Å². The van der Waals surface area contributed by atoms with Gasteiger partial charge < -0.3 is 11.1 Å². The van der Waals surface area contributed by atoms with Crippen LogP contribution in [0.15, 0.2) is 29.4 Å². The highest BCUT2D eigenvalue weighted by atomic mass is 19.1. The molecule has 0 saturated heterocycles. The van der Waals surface area contributed by atoms with Gasteiger partial charge in [0.2, 0.25) is 5.91 Å². The predicted molar refractivity (Wildman–Crippen MR) is 104 cm³/mol. The van der Waals surface area contributed by atoms with Gasteiger partial charge in [-0.2, -0.15) is 5.10 Å². The Morgan fingerprint density at radius 3 is 2.37 bits per heavy atom. The van der Waals surface area contributed by atoms with Crippen LogP contribution in [-0.4, -0.2) is 53.6 Å². The molecule has 2 amide bonds. The lowest BCUT2D eigenvalue weighted by atomic mass is 10.1. The molecule has 0 radical (unpaired) electrons. The number of carbonyl (C=O) groups is 2. The molecule has 1 heterocycles. The summed E-state index contributed by atoms with van der Waals surface area (Å²) in [6, 6.07) is 5.52. The number of hydrazone groups is 1. The van der Waals surface area contributed by atoms with Crippen LogP contribution in [0.2, 0.25) is 0 Å². The van der Waals surface area contributed by atoms with Crippen molar-refractivity contribution in [1.29, 1.82) is 0 Å². The largest absolute Gasteiger partial charge is 0.368 e. The molecule has 27 heavy (non-hydrogen) atoms. The van der Waals surface area contributed by atoms with Crippen LogP contribution in [0.1, 0.15) is 34.1 Å². The minimum absolute atomic E-state index is 0.122. The van der Waals surface area contributed by atoms with E-state index in [2.05, 4.69) is 43.0 Å². The molecule has 7 nitrogen and oxygen atoms in total. The van der Waals surface area contributed by atoms with Crippen molar-refractivity contribution in [2.24, 2.45) is 10.8 Å². The van der Waals surface area contributed by atoms with Crippen molar-refractivity contribution in [3.63, 3.8) is 0 Å². The van der Waals surface area contributed by atoms with Crippen molar-refractivity contribution >= 4 is 23.2 Å². The Hall–Kier alpha value is -2.48. The molecule has 1 atom stereocenters. The van der Waals surface area contributed by atoms with Gasteiger partial charge in [-0.05, 0) is 52.0 Å². The van der Waals surface area contributed by atoms with Crippen molar-refractivity contribution in [1.82, 2.24) is 10.2 Å². The van der Waals surface area contributed by atoms with Gasteiger partial charge in [0, 0.05) is 31.6 Å². The zero-order valence-corrected chi connectivity index (χ0v) is 16.3. The van der Waals surface area contributed by atoms with E-state index in [-0.39, 0.29) is 18.0 Å². The second-order valence-corrected chi connectivity index (χ2v) is 7.17. The predicted octanol–water partition coefficient (Wildman–Crippen LogP) is 1.48. The fourth-order valence-electron chi connectivity index (χ4n) is 3.21. The summed E-state index contributed by atoms with van der Waals surface area (Å²) in [6.45, 7) is 9.64. The number of primary amides is 1. The maximum absolute atomic E-state index is 13.1. The third kappa shape index (κ3) is 5.26. The first-order valence-corrected chi connectivity index (χ1v) is 9.16. The maximum atomic E-state index is 13.1. The molecule has 148 valence electrons. The third-order valence-corrected chi connectivity index (χ3v) is 4.57. The first kappa shape index (κ1) is 20.8. The Balaban J connectivity index is 2.04. The first-order valence-electron chi connectivity index (χ1n) is 9.16. The Bertz CT molecular complexity index is 695. The van der Waals surface area contributed by atoms with E-state index in [1.54, 1.807) is 0 Å². The van der Waals surface area contributed by atoms with Gasteiger partial charge in [0.05, 0.1) is 5.69 Å². The molecule has 0 fully saturated rings. The number of hydrogen-bond acceptors (Lipinski definition) is 5. The number of nitrogens with zero attached hydrogens (tertiary/aromatic N) is 3. The van der Waals surface area contributed by atoms with Gasteiger partial charge in [0.25, 0.3) is 5.91 Å². The zero-order valence-electron chi connectivity index (χ0n) is 16.3. The highest BCUT2D eigenvalue weighted by Gasteiger charge is 2.34. The quantitative estimate of drug-likeness (QED) is 0.718. The average Bonchev–Trinajstić information content (AvgIpc) is 3.04. The molecule has 1 aliphatic rings. The standard InChI is InChI=1S/C19H28FN5O2/c1-12(2)24(13(3)4)10-9-22-19(27)16-11-17(18(21)26)25(23-16)15-7-5-14(20)6-8-15/h5-8,12-13,17H,9-11H2,1-4H3,(H2,21,26)(H,22,27). The maximum Gasteiger partial charge on any atom is 0.267 e. The lowest BCUT2D eigenvalue weighted by molar-refractivity contribution is -0.119. The third-order valence-electron chi connectivity index (χ3n) is 4.57. The van der Waals surface area contributed by atoms with Crippen LogP contribution in [0.25, 0.3) is 0 Å². The number of nitrogens with one attached hydrogen (secondary N) is 1. The molecule has 0 aliphatic carbocycles. The molecule has 3 N–H and O–H groups in total. The number of carbonyl (C=O) groups excluding carboxylic acids is 2. The molecular formula is C19H28FN5O2. The summed E-state index contributed by atoms with van der Waals surface area (Å²) in [5.74, 6) is -1.30. The van der Waals surface area contributed by atoms with Crippen LogP contribution in [0.5, 0.6) is 0 Å². The number of rotatable bonds is 8. The average molecular weight is 377 g/mol.